The highest BCUT2D eigenvalue weighted by Gasteiger charge is 2.18. The zero-order chi connectivity index (χ0) is 21.2. The topological polar surface area (TPSA) is 57.2 Å². The van der Waals surface area contributed by atoms with Gasteiger partial charge in [-0.3, -0.25) is 14.6 Å². The summed E-state index contributed by atoms with van der Waals surface area (Å²) in [4.78, 5) is 16.9. The Balaban J connectivity index is 1.44. The Hall–Kier alpha value is -2.96. The van der Waals surface area contributed by atoms with Crippen LogP contribution in [-0.4, -0.2) is 61.8 Å². The molecule has 0 radical (unpaired) electrons. The van der Waals surface area contributed by atoms with Gasteiger partial charge in [-0.25, -0.2) is 5.43 Å². The molecule has 1 N–H and O–H groups in total. The molecular weight excluding hydrogens is 376 g/mol. The maximum absolute atomic E-state index is 12.3. The fraction of sp³-hybridized carbons (Fsp3) is 0.333. The first-order valence-electron chi connectivity index (χ1n) is 10.3. The molecule has 0 bridgehead atoms. The highest BCUT2D eigenvalue weighted by molar-refractivity contribution is 5.86. The molecule has 0 aromatic heterocycles. The van der Waals surface area contributed by atoms with E-state index in [2.05, 4.69) is 51.2 Å². The number of carbonyl (C=O) groups is 1. The number of hydrogen-bond acceptors (Lipinski definition) is 5. The Morgan fingerprint density at radius 2 is 1.83 bits per heavy atom. The number of para-hydroxylation sites is 1. The monoisotopic (exact) mass is 406 g/mol. The number of carbonyl (C=O) groups excluding carboxylic acids is 1. The van der Waals surface area contributed by atoms with Gasteiger partial charge in [0.05, 0.1) is 19.9 Å². The van der Waals surface area contributed by atoms with Crippen molar-refractivity contribution in [3.05, 3.63) is 77.9 Å². The summed E-state index contributed by atoms with van der Waals surface area (Å²) in [5.41, 5.74) is 5.82. The lowest BCUT2D eigenvalue weighted by atomic mass is 10.1. The quantitative estimate of drug-likeness (QED) is 0.395. The lowest BCUT2D eigenvalue weighted by Crippen LogP contribution is -2.48. The predicted octanol–water partition coefficient (Wildman–Crippen LogP) is 2.69. The molecule has 1 fully saturated rings. The lowest BCUT2D eigenvalue weighted by molar-refractivity contribution is -0.122. The average molecular weight is 407 g/mol. The second-order valence-electron chi connectivity index (χ2n) is 7.36. The first-order valence-corrected chi connectivity index (χ1v) is 10.3. The molecular formula is C24H30N4O2. The van der Waals surface area contributed by atoms with E-state index in [9.17, 15) is 4.79 Å². The largest absolute Gasteiger partial charge is 0.496 e. The minimum atomic E-state index is -0.107. The van der Waals surface area contributed by atoms with E-state index in [0.717, 1.165) is 49.6 Å². The molecule has 0 unspecified atom stereocenters. The van der Waals surface area contributed by atoms with Gasteiger partial charge < -0.3 is 4.74 Å². The van der Waals surface area contributed by atoms with Crippen molar-refractivity contribution in [2.45, 2.75) is 13.0 Å². The van der Waals surface area contributed by atoms with Crippen molar-refractivity contribution in [1.29, 1.82) is 0 Å². The highest BCUT2D eigenvalue weighted by Crippen LogP contribution is 2.23. The molecule has 6 nitrogen and oxygen atoms in total. The maximum Gasteiger partial charge on any atom is 0.254 e. The Kier molecular flexibility index (Phi) is 8.18. The van der Waals surface area contributed by atoms with Crippen LogP contribution in [0.2, 0.25) is 0 Å². The number of allylic oxidation sites excluding steroid dienone is 1. The Morgan fingerprint density at radius 3 is 2.53 bits per heavy atom. The average Bonchev–Trinajstić information content (AvgIpc) is 2.76. The van der Waals surface area contributed by atoms with Crippen LogP contribution in [0.4, 0.5) is 0 Å². The van der Waals surface area contributed by atoms with Gasteiger partial charge in [0.2, 0.25) is 0 Å². The fourth-order valence-corrected chi connectivity index (χ4v) is 3.63. The second kappa shape index (κ2) is 11.3. The summed E-state index contributed by atoms with van der Waals surface area (Å²) in [6, 6.07) is 16.3. The number of nitrogens with one attached hydrogen (secondary N) is 1. The number of benzene rings is 2. The third kappa shape index (κ3) is 6.27. The van der Waals surface area contributed by atoms with Crippen molar-refractivity contribution < 1.29 is 9.53 Å². The summed E-state index contributed by atoms with van der Waals surface area (Å²) in [6.07, 6.45) is 4.18. The van der Waals surface area contributed by atoms with E-state index in [1.54, 1.807) is 13.3 Å². The second-order valence-corrected chi connectivity index (χ2v) is 7.36. The number of methoxy groups -OCH3 is 1. The molecule has 0 aliphatic carbocycles. The number of amides is 1. The predicted molar refractivity (Wildman–Crippen MR) is 121 cm³/mol. The van der Waals surface area contributed by atoms with E-state index in [-0.39, 0.29) is 5.91 Å². The first-order chi connectivity index (χ1) is 14.7. The van der Waals surface area contributed by atoms with Crippen molar-refractivity contribution >= 4 is 12.1 Å². The highest BCUT2D eigenvalue weighted by atomic mass is 16.5. The maximum atomic E-state index is 12.3. The SMILES string of the molecule is C=CCc1cccc(/C=N/NC(=O)CN2CCN(Cc3ccccc3)CC2)c1OC. The van der Waals surface area contributed by atoms with Crippen LogP contribution in [0.3, 0.4) is 0 Å². The van der Waals surface area contributed by atoms with Crippen LogP contribution in [0.25, 0.3) is 0 Å². The van der Waals surface area contributed by atoms with Gasteiger partial charge in [0.1, 0.15) is 5.75 Å². The minimum Gasteiger partial charge on any atom is -0.496 e. The molecule has 2 aromatic rings. The molecule has 2 aromatic carbocycles. The zero-order valence-corrected chi connectivity index (χ0v) is 17.6. The fourth-order valence-electron chi connectivity index (χ4n) is 3.63. The number of hydrogen-bond donors (Lipinski definition) is 1. The van der Waals surface area contributed by atoms with Gasteiger partial charge in [0.15, 0.2) is 0 Å². The molecule has 0 spiro atoms. The molecule has 0 saturated carbocycles. The molecule has 1 heterocycles. The van der Waals surface area contributed by atoms with Gasteiger partial charge in [0.25, 0.3) is 5.91 Å². The number of rotatable bonds is 9. The van der Waals surface area contributed by atoms with E-state index in [1.807, 2.05) is 30.3 Å². The van der Waals surface area contributed by atoms with Crippen LogP contribution >= 0.6 is 0 Å². The third-order valence-corrected chi connectivity index (χ3v) is 5.17. The van der Waals surface area contributed by atoms with E-state index >= 15 is 0 Å². The van der Waals surface area contributed by atoms with Gasteiger partial charge in [-0.1, -0.05) is 48.5 Å². The molecule has 30 heavy (non-hydrogen) atoms. The van der Waals surface area contributed by atoms with Gasteiger partial charge in [-0.05, 0) is 23.6 Å². The van der Waals surface area contributed by atoms with Crippen LogP contribution in [-0.2, 0) is 17.8 Å². The molecule has 0 atom stereocenters. The van der Waals surface area contributed by atoms with E-state index < -0.39 is 0 Å². The lowest BCUT2D eigenvalue weighted by Gasteiger charge is -2.34. The molecule has 3 rings (SSSR count). The summed E-state index contributed by atoms with van der Waals surface area (Å²) in [6.45, 7) is 8.75. The van der Waals surface area contributed by atoms with Crippen molar-refractivity contribution in [3.63, 3.8) is 0 Å². The van der Waals surface area contributed by atoms with Crippen LogP contribution in [0.1, 0.15) is 16.7 Å². The number of nitrogens with zero attached hydrogens (tertiary/aromatic N) is 3. The van der Waals surface area contributed by atoms with Crippen LogP contribution < -0.4 is 10.2 Å². The summed E-state index contributed by atoms with van der Waals surface area (Å²) in [5, 5.41) is 4.12. The third-order valence-electron chi connectivity index (χ3n) is 5.17. The van der Waals surface area contributed by atoms with Gasteiger partial charge in [-0.2, -0.15) is 5.10 Å². The van der Waals surface area contributed by atoms with Crippen LogP contribution in [0, 0.1) is 0 Å². The minimum absolute atomic E-state index is 0.107. The Bertz CT molecular complexity index is 859. The molecule has 158 valence electrons. The standard InChI is InChI=1S/C24H30N4O2/c1-3-8-21-11-7-12-22(24(21)30-2)17-25-26-23(29)19-28-15-13-27(14-16-28)18-20-9-5-4-6-10-20/h3-7,9-12,17H,1,8,13-16,18-19H2,2H3,(H,26,29)/b25-17+. The van der Waals surface area contributed by atoms with E-state index in [0.29, 0.717) is 13.0 Å². The smallest absolute Gasteiger partial charge is 0.254 e. The van der Waals surface area contributed by atoms with E-state index in [4.69, 9.17) is 4.74 Å². The summed E-state index contributed by atoms with van der Waals surface area (Å²) in [7, 11) is 1.63. The Morgan fingerprint density at radius 1 is 1.10 bits per heavy atom. The van der Waals surface area contributed by atoms with Crippen molar-refractivity contribution in [2.75, 3.05) is 39.8 Å². The molecule has 1 aliphatic rings. The first kappa shape index (κ1) is 21.7. The Labute approximate surface area is 178 Å². The van der Waals surface area contributed by atoms with Crippen LogP contribution in [0.5, 0.6) is 5.75 Å². The van der Waals surface area contributed by atoms with Crippen molar-refractivity contribution in [3.8, 4) is 5.75 Å². The number of piperazine rings is 1. The zero-order valence-electron chi connectivity index (χ0n) is 17.6. The van der Waals surface area contributed by atoms with Gasteiger partial charge in [-0.15, -0.1) is 6.58 Å². The number of hydrazone groups is 1. The molecule has 6 heteroatoms. The van der Waals surface area contributed by atoms with Gasteiger partial charge >= 0.3 is 0 Å². The summed E-state index contributed by atoms with van der Waals surface area (Å²) < 4.78 is 5.50. The molecule has 1 saturated heterocycles. The van der Waals surface area contributed by atoms with Crippen LogP contribution in [0.15, 0.2) is 66.3 Å². The summed E-state index contributed by atoms with van der Waals surface area (Å²) in [5.74, 6) is 0.647. The van der Waals surface area contributed by atoms with Crippen molar-refractivity contribution in [2.24, 2.45) is 5.10 Å². The van der Waals surface area contributed by atoms with Crippen molar-refractivity contribution in [1.82, 2.24) is 15.2 Å². The molecule has 1 aliphatic heterocycles. The summed E-state index contributed by atoms with van der Waals surface area (Å²) >= 11 is 0. The van der Waals surface area contributed by atoms with Gasteiger partial charge in [0, 0.05) is 38.3 Å². The van der Waals surface area contributed by atoms with E-state index in [1.165, 1.54) is 5.56 Å². The number of ether oxygens (including phenoxy) is 1. The molecule has 1 amide bonds. The normalized spacial score (nSPS) is 15.2.